The lowest BCUT2D eigenvalue weighted by Gasteiger charge is -2.17. The molecular weight excluding hydrogens is 394 g/mol. The highest BCUT2D eigenvalue weighted by Crippen LogP contribution is 2.34. The molecule has 1 aliphatic heterocycles. The van der Waals surface area contributed by atoms with E-state index in [1.807, 2.05) is 24.0 Å². The molecular formula is C21H20F2N4O3. The molecule has 0 aromatic carbocycles. The van der Waals surface area contributed by atoms with Crippen molar-refractivity contribution in [3.63, 3.8) is 0 Å². The van der Waals surface area contributed by atoms with E-state index in [9.17, 15) is 8.78 Å². The van der Waals surface area contributed by atoms with E-state index in [4.69, 9.17) is 14.5 Å². The number of aryl methyl sites for hydroxylation is 1. The van der Waals surface area contributed by atoms with Gasteiger partial charge in [0.1, 0.15) is 0 Å². The minimum atomic E-state index is -2.91. The van der Waals surface area contributed by atoms with Gasteiger partial charge in [0, 0.05) is 36.3 Å². The molecule has 0 fully saturated rings. The highest BCUT2D eigenvalue weighted by atomic mass is 19.3. The van der Waals surface area contributed by atoms with E-state index in [1.54, 1.807) is 19.4 Å². The van der Waals surface area contributed by atoms with Crippen molar-refractivity contribution in [2.24, 2.45) is 0 Å². The van der Waals surface area contributed by atoms with Crippen LogP contribution in [-0.4, -0.2) is 35.8 Å². The molecule has 9 heteroatoms. The van der Waals surface area contributed by atoms with Crippen LogP contribution in [0, 0.1) is 6.92 Å². The summed E-state index contributed by atoms with van der Waals surface area (Å²) in [6.07, 6.45) is 3.15. The highest BCUT2D eigenvalue weighted by molar-refractivity contribution is 5.64. The van der Waals surface area contributed by atoms with E-state index in [1.165, 1.54) is 19.4 Å². The summed E-state index contributed by atoms with van der Waals surface area (Å²) < 4.78 is 39.9. The number of pyridine rings is 3. The number of fused-ring (bicyclic) bond motifs is 1. The predicted octanol–water partition coefficient (Wildman–Crippen LogP) is 3.99. The Morgan fingerprint density at radius 2 is 1.90 bits per heavy atom. The molecule has 4 rings (SSSR count). The molecule has 0 atom stereocenters. The number of hydrogen-bond acceptors (Lipinski definition) is 7. The third kappa shape index (κ3) is 3.83. The van der Waals surface area contributed by atoms with Crippen molar-refractivity contribution in [1.29, 1.82) is 0 Å². The van der Waals surface area contributed by atoms with Crippen LogP contribution in [-0.2, 0) is 13.1 Å². The summed E-state index contributed by atoms with van der Waals surface area (Å²) in [6.45, 7) is 0.282. The molecule has 0 unspecified atom stereocenters. The van der Waals surface area contributed by atoms with Crippen molar-refractivity contribution in [1.82, 2.24) is 15.0 Å². The Kier molecular flexibility index (Phi) is 5.35. The Balaban J connectivity index is 1.63. The fourth-order valence-electron chi connectivity index (χ4n) is 3.49. The molecule has 0 radical (unpaired) electrons. The van der Waals surface area contributed by atoms with Gasteiger partial charge in [0.25, 0.3) is 5.88 Å². The average molecular weight is 414 g/mol. The quantitative estimate of drug-likeness (QED) is 0.604. The lowest BCUT2D eigenvalue weighted by molar-refractivity contribution is -0.0528. The van der Waals surface area contributed by atoms with E-state index >= 15 is 0 Å². The summed E-state index contributed by atoms with van der Waals surface area (Å²) in [5.41, 5.74) is 5.46. The lowest BCUT2D eigenvalue weighted by Crippen LogP contribution is -2.15. The molecule has 3 aromatic heterocycles. The van der Waals surface area contributed by atoms with Gasteiger partial charge in [-0.1, -0.05) is 0 Å². The zero-order valence-corrected chi connectivity index (χ0v) is 16.7. The largest absolute Gasteiger partial charge is 0.491 e. The summed E-state index contributed by atoms with van der Waals surface area (Å²) in [5.74, 6) is 0.824. The average Bonchev–Trinajstić information content (AvgIpc) is 3.18. The van der Waals surface area contributed by atoms with Gasteiger partial charge in [0.2, 0.25) is 5.88 Å². The van der Waals surface area contributed by atoms with Crippen molar-refractivity contribution in [3.05, 3.63) is 53.5 Å². The minimum Gasteiger partial charge on any atom is -0.491 e. The van der Waals surface area contributed by atoms with Crippen LogP contribution in [0.3, 0.4) is 0 Å². The summed E-state index contributed by atoms with van der Waals surface area (Å²) in [5, 5.41) is 0. The number of alkyl halides is 2. The van der Waals surface area contributed by atoms with Crippen LogP contribution < -0.4 is 19.1 Å². The fourth-order valence-corrected chi connectivity index (χ4v) is 3.49. The molecule has 30 heavy (non-hydrogen) atoms. The van der Waals surface area contributed by atoms with Gasteiger partial charge < -0.3 is 19.1 Å². The summed E-state index contributed by atoms with van der Waals surface area (Å²) >= 11 is 0. The first-order valence-corrected chi connectivity index (χ1v) is 9.22. The van der Waals surface area contributed by atoms with Crippen LogP contribution in [0.15, 0.2) is 36.7 Å². The fraction of sp³-hybridized carbons (Fsp3) is 0.286. The second-order valence-electron chi connectivity index (χ2n) is 6.77. The van der Waals surface area contributed by atoms with Crippen LogP contribution in [0.5, 0.6) is 17.5 Å². The van der Waals surface area contributed by atoms with Crippen molar-refractivity contribution in [2.75, 3.05) is 19.1 Å². The summed E-state index contributed by atoms with van der Waals surface area (Å²) in [6, 6.07) is 7.11. The topological polar surface area (TPSA) is 69.6 Å². The predicted molar refractivity (Wildman–Crippen MR) is 106 cm³/mol. The summed E-state index contributed by atoms with van der Waals surface area (Å²) in [7, 11) is 3.09. The monoisotopic (exact) mass is 414 g/mol. The molecule has 0 saturated carbocycles. The zero-order valence-electron chi connectivity index (χ0n) is 16.7. The summed E-state index contributed by atoms with van der Waals surface area (Å²) in [4.78, 5) is 15.0. The lowest BCUT2D eigenvalue weighted by atomic mass is 10.1. The standard InChI is InChI=1S/C21H20F2N4O3/c1-12-6-16(13-7-18(28-2)20(29-3)25-9-13)26-17-11-27(10-15(12)17)14-4-5-24-19(8-14)30-21(22)23/h4-9,21H,10-11H2,1-3H3. The molecule has 3 aromatic rings. The van der Waals surface area contributed by atoms with Gasteiger partial charge in [-0.2, -0.15) is 8.78 Å². The molecule has 156 valence electrons. The Morgan fingerprint density at radius 3 is 2.63 bits per heavy atom. The molecule has 4 heterocycles. The van der Waals surface area contributed by atoms with E-state index < -0.39 is 6.61 Å². The van der Waals surface area contributed by atoms with Crippen molar-refractivity contribution < 1.29 is 23.0 Å². The van der Waals surface area contributed by atoms with Gasteiger partial charge >= 0.3 is 6.61 Å². The van der Waals surface area contributed by atoms with Crippen LogP contribution in [0.2, 0.25) is 0 Å². The Morgan fingerprint density at radius 1 is 1.07 bits per heavy atom. The van der Waals surface area contributed by atoms with Gasteiger partial charge in [0.15, 0.2) is 5.75 Å². The van der Waals surface area contributed by atoms with Crippen LogP contribution in [0.4, 0.5) is 14.5 Å². The number of methoxy groups -OCH3 is 2. The number of ether oxygens (including phenoxy) is 3. The second kappa shape index (κ2) is 8.10. The minimum absolute atomic E-state index is 0.111. The molecule has 0 saturated heterocycles. The molecule has 0 spiro atoms. The Hall–Kier alpha value is -3.49. The zero-order chi connectivity index (χ0) is 21.3. The Bertz CT molecular complexity index is 1080. The number of halogens is 2. The van der Waals surface area contributed by atoms with Crippen molar-refractivity contribution in [3.8, 4) is 28.8 Å². The first kappa shape index (κ1) is 19.8. The number of aromatic nitrogens is 3. The number of anilines is 1. The number of hydrogen-bond donors (Lipinski definition) is 0. The van der Waals surface area contributed by atoms with Gasteiger partial charge in [0.05, 0.1) is 32.2 Å². The second-order valence-corrected chi connectivity index (χ2v) is 6.77. The first-order valence-electron chi connectivity index (χ1n) is 9.22. The highest BCUT2D eigenvalue weighted by Gasteiger charge is 2.24. The van der Waals surface area contributed by atoms with Gasteiger partial charge in [-0.05, 0) is 36.2 Å². The molecule has 0 bridgehead atoms. The van der Waals surface area contributed by atoms with Crippen LogP contribution in [0.1, 0.15) is 16.8 Å². The van der Waals surface area contributed by atoms with Gasteiger partial charge in [-0.3, -0.25) is 4.98 Å². The van der Waals surface area contributed by atoms with Crippen LogP contribution >= 0.6 is 0 Å². The Labute approximate surface area is 172 Å². The van der Waals surface area contributed by atoms with E-state index in [-0.39, 0.29) is 5.88 Å². The smallest absolute Gasteiger partial charge is 0.388 e. The molecule has 0 amide bonds. The third-order valence-electron chi connectivity index (χ3n) is 4.94. The maximum absolute atomic E-state index is 12.5. The van der Waals surface area contributed by atoms with Crippen molar-refractivity contribution >= 4 is 5.69 Å². The van der Waals surface area contributed by atoms with E-state index in [0.717, 1.165) is 33.8 Å². The normalized spacial score (nSPS) is 12.8. The molecule has 7 nitrogen and oxygen atoms in total. The maximum atomic E-state index is 12.5. The molecule has 0 N–H and O–H groups in total. The number of nitrogens with zero attached hydrogens (tertiary/aromatic N) is 4. The first-order chi connectivity index (χ1) is 14.5. The number of rotatable bonds is 6. The third-order valence-corrected chi connectivity index (χ3v) is 4.94. The van der Waals surface area contributed by atoms with Gasteiger partial charge in [-0.15, -0.1) is 0 Å². The van der Waals surface area contributed by atoms with Gasteiger partial charge in [-0.25, -0.2) is 9.97 Å². The van der Waals surface area contributed by atoms with E-state index in [2.05, 4.69) is 14.7 Å². The molecule has 1 aliphatic rings. The van der Waals surface area contributed by atoms with Crippen LogP contribution in [0.25, 0.3) is 11.3 Å². The molecule has 0 aliphatic carbocycles. The maximum Gasteiger partial charge on any atom is 0.388 e. The SMILES string of the molecule is COc1cc(-c2cc(C)c3c(n2)CN(c2ccnc(OC(F)F)c2)C3)cnc1OC. The van der Waals surface area contributed by atoms with E-state index in [0.29, 0.717) is 24.7 Å². The van der Waals surface area contributed by atoms with Crippen molar-refractivity contribution in [2.45, 2.75) is 26.6 Å².